The van der Waals surface area contributed by atoms with Crippen LogP contribution >= 0.6 is 0 Å². The molecular weight excluding hydrogens is 350 g/mol. The van der Waals surface area contributed by atoms with Crippen LogP contribution in [0.5, 0.6) is 0 Å². The van der Waals surface area contributed by atoms with E-state index in [4.69, 9.17) is 4.42 Å². The van der Waals surface area contributed by atoms with Crippen LogP contribution in [-0.4, -0.2) is 42.0 Å². The lowest BCUT2D eigenvalue weighted by Gasteiger charge is -2.33. The Hall–Kier alpha value is -2.14. The Balaban J connectivity index is 1.47. The number of piperidine rings is 1. The standard InChI is InChI=1S/C23H33N3O2/c1-16(2)15-26-11-9-19(10-12-26)14-24-22(27)13-21-18(4)28-23(25-21)20-7-5-17(3)6-8-20/h5-8,16,19H,9-15H2,1-4H3,(H,24,27). The van der Waals surface area contributed by atoms with Gasteiger partial charge in [-0.15, -0.1) is 0 Å². The lowest BCUT2D eigenvalue weighted by molar-refractivity contribution is -0.120. The molecule has 0 spiro atoms. The molecule has 2 heterocycles. The molecule has 0 saturated carbocycles. The van der Waals surface area contributed by atoms with Gasteiger partial charge in [0.15, 0.2) is 0 Å². The van der Waals surface area contributed by atoms with E-state index in [1.165, 1.54) is 12.1 Å². The number of benzene rings is 1. The van der Waals surface area contributed by atoms with Crippen molar-refractivity contribution in [2.24, 2.45) is 11.8 Å². The first-order valence-corrected chi connectivity index (χ1v) is 10.4. The zero-order valence-electron chi connectivity index (χ0n) is 17.6. The maximum absolute atomic E-state index is 12.4. The van der Waals surface area contributed by atoms with Crippen LogP contribution in [0.1, 0.15) is 43.7 Å². The smallest absolute Gasteiger partial charge is 0.226 e. The van der Waals surface area contributed by atoms with Crippen molar-refractivity contribution in [3.8, 4) is 11.5 Å². The molecule has 1 aromatic carbocycles. The average Bonchev–Trinajstić information content (AvgIpc) is 3.02. The summed E-state index contributed by atoms with van der Waals surface area (Å²) < 4.78 is 5.78. The van der Waals surface area contributed by atoms with E-state index in [1.54, 1.807) is 0 Å². The van der Waals surface area contributed by atoms with E-state index in [-0.39, 0.29) is 12.3 Å². The third-order valence-electron chi connectivity index (χ3n) is 5.44. The van der Waals surface area contributed by atoms with E-state index < -0.39 is 0 Å². The van der Waals surface area contributed by atoms with Crippen molar-refractivity contribution in [1.82, 2.24) is 15.2 Å². The zero-order chi connectivity index (χ0) is 20.1. The van der Waals surface area contributed by atoms with Crippen LogP contribution in [0.25, 0.3) is 11.5 Å². The van der Waals surface area contributed by atoms with Gasteiger partial charge in [-0.25, -0.2) is 4.98 Å². The zero-order valence-corrected chi connectivity index (χ0v) is 17.6. The number of amides is 1. The summed E-state index contributed by atoms with van der Waals surface area (Å²) in [6, 6.07) is 8.06. The highest BCUT2D eigenvalue weighted by molar-refractivity contribution is 5.78. The minimum atomic E-state index is 0.0245. The first-order chi connectivity index (χ1) is 13.4. The molecule has 1 amide bonds. The number of carbonyl (C=O) groups is 1. The fourth-order valence-corrected chi connectivity index (χ4v) is 3.77. The Morgan fingerprint density at radius 3 is 2.54 bits per heavy atom. The molecule has 0 atom stereocenters. The first kappa shape index (κ1) is 20.6. The van der Waals surface area contributed by atoms with E-state index in [1.807, 2.05) is 31.2 Å². The van der Waals surface area contributed by atoms with Crippen molar-refractivity contribution in [3.63, 3.8) is 0 Å². The fraction of sp³-hybridized carbons (Fsp3) is 0.565. The normalized spacial score (nSPS) is 15.9. The Morgan fingerprint density at radius 1 is 1.21 bits per heavy atom. The summed E-state index contributed by atoms with van der Waals surface area (Å²) >= 11 is 0. The molecule has 0 unspecified atom stereocenters. The summed E-state index contributed by atoms with van der Waals surface area (Å²) in [6.45, 7) is 12.7. The number of carbonyl (C=O) groups excluding carboxylic acids is 1. The van der Waals surface area contributed by atoms with Crippen molar-refractivity contribution in [3.05, 3.63) is 41.3 Å². The first-order valence-electron chi connectivity index (χ1n) is 10.4. The molecule has 1 aliphatic rings. The summed E-state index contributed by atoms with van der Waals surface area (Å²) in [5, 5.41) is 3.10. The third-order valence-corrected chi connectivity index (χ3v) is 5.44. The number of nitrogens with zero attached hydrogens (tertiary/aromatic N) is 2. The molecule has 1 aliphatic heterocycles. The molecular formula is C23H33N3O2. The summed E-state index contributed by atoms with van der Waals surface area (Å²) in [5.74, 6) is 2.61. The van der Waals surface area contributed by atoms with Gasteiger partial charge in [-0.1, -0.05) is 31.5 Å². The molecule has 0 bridgehead atoms. The second kappa shape index (κ2) is 9.37. The molecule has 5 nitrogen and oxygen atoms in total. The number of hydrogen-bond acceptors (Lipinski definition) is 4. The van der Waals surface area contributed by atoms with Gasteiger partial charge in [0.05, 0.1) is 12.1 Å². The van der Waals surface area contributed by atoms with Gasteiger partial charge in [0.25, 0.3) is 0 Å². The highest BCUT2D eigenvalue weighted by Gasteiger charge is 2.21. The van der Waals surface area contributed by atoms with Crippen LogP contribution in [0, 0.1) is 25.7 Å². The predicted octanol–water partition coefficient (Wildman–Crippen LogP) is 3.99. The van der Waals surface area contributed by atoms with E-state index in [0.717, 1.165) is 43.7 Å². The molecule has 0 radical (unpaired) electrons. The van der Waals surface area contributed by atoms with Gasteiger partial charge in [0.1, 0.15) is 5.76 Å². The molecule has 152 valence electrons. The van der Waals surface area contributed by atoms with Crippen molar-refractivity contribution in [2.45, 2.75) is 47.0 Å². The van der Waals surface area contributed by atoms with E-state index in [0.29, 0.717) is 23.5 Å². The number of hydrogen-bond donors (Lipinski definition) is 1. The van der Waals surface area contributed by atoms with Crippen molar-refractivity contribution in [2.75, 3.05) is 26.2 Å². The number of aromatic nitrogens is 1. The van der Waals surface area contributed by atoms with Crippen LogP contribution < -0.4 is 5.32 Å². The van der Waals surface area contributed by atoms with Crippen molar-refractivity contribution >= 4 is 5.91 Å². The molecule has 2 aromatic rings. The van der Waals surface area contributed by atoms with Gasteiger partial charge in [-0.3, -0.25) is 4.79 Å². The molecule has 3 rings (SSSR count). The average molecular weight is 384 g/mol. The molecule has 1 aromatic heterocycles. The van der Waals surface area contributed by atoms with E-state index in [2.05, 4.69) is 36.0 Å². The quantitative estimate of drug-likeness (QED) is 0.785. The topological polar surface area (TPSA) is 58.4 Å². The molecule has 1 fully saturated rings. The SMILES string of the molecule is Cc1ccc(-c2nc(CC(=O)NCC3CCN(CC(C)C)CC3)c(C)o2)cc1. The van der Waals surface area contributed by atoms with Crippen LogP contribution in [0.3, 0.4) is 0 Å². The summed E-state index contributed by atoms with van der Waals surface area (Å²) in [6.07, 6.45) is 2.59. The van der Waals surface area contributed by atoms with Crippen molar-refractivity contribution in [1.29, 1.82) is 0 Å². The van der Waals surface area contributed by atoms with E-state index >= 15 is 0 Å². The second-order valence-electron chi connectivity index (χ2n) is 8.51. The monoisotopic (exact) mass is 383 g/mol. The maximum atomic E-state index is 12.4. The third kappa shape index (κ3) is 5.68. The lowest BCUT2D eigenvalue weighted by Crippen LogP contribution is -2.40. The summed E-state index contributed by atoms with van der Waals surface area (Å²) in [7, 11) is 0. The Bertz CT molecular complexity index is 772. The molecule has 1 N–H and O–H groups in total. The minimum Gasteiger partial charge on any atom is -0.441 e. The van der Waals surface area contributed by atoms with Gasteiger partial charge in [0, 0.05) is 18.7 Å². The van der Waals surface area contributed by atoms with Crippen LogP contribution in [0.2, 0.25) is 0 Å². The lowest BCUT2D eigenvalue weighted by atomic mass is 9.96. The van der Waals surface area contributed by atoms with Gasteiger partial charge in [0.2, 0.25) is 11.8 Å². The van der Waals surface area contributed by atoms with Gasteiger partial charge in [-0.05, 0) is 63.7 Å². The molecule has 1 saturated heterocycles. The predicted molar refractivity (Wildman–Crippen MR) is 112 cm³/mol. The number of likely N-dealkylation sites (tertiary alicyclic amines) is 1. The summed E-state index contributed by atoms with van der Waals surface area (Å²) in [5.41, 5.74) is 2.86. The van der Waals surface area contributed by atoms with E-state index in [9.17, 15) is 4.79 Å². The molecule has 0 aliphatic carbocycles. The number of nitrogens with one attached hydrogen (secondary N) is 1. The number of aryl methyl sites for hydroxylation is 2. The van der Waals surface area contributed by atoms with Gasteiger partial charge >= 0.3 is 0 Å². The maximum Gasteiger partial charge on any atom is 0.226 e. The Labute approximate surface area is 168 Å². The highest BCUT2D eigenvalue weighted by atomic mass is 16.4. The highest BCUT2D eigenvalue weighted by Crippen LogP contribution is 2.22. The number of oxazole rings is 1. The Morgan fingerprint density at radius 2 is 1.89 bits per heavy atom. The summed E-state index contributed by atoms with van der Waals surface area (Å²) in [4.78, 5) is 19.5. The van der Waals surface area contributed by atoms with Gasteiger partial charge in [-0.2, -0.15) is 0 Å². The minimum absolute atomic E-state index is 0.0245. The number of rotatable bonds is 7. The molecule has 28 heavy (non-hydrogen) atoms. The largest absolute Gasteiger partial charge is 0.441 e. The van der Waals surface area contributed by atoms with Gasteiger partial charge < -0.3 is 14.6 Å². The van der Waals surface area contributed by atoms with Crippen LogP contribution in [0.15, 0.2) is 28.7 Å². The second-order valence-corrected chi connectivity index (χ2v) is 8.51. The van der Waals surface area contributed by atoms with Crippen molar-refractivity contribution < 1.29 is 9.21 Å². The Kier molecular flexibility index (Phi) is 6.89. The van der Waals surface area contributed by atoms with Crippen LogP contribution in [-0.2, 0) is 11.2 Å². The van der Waals surface area contributed by atoms with Crippen LogP contribution in [0.4, 0.5) is 0 Å². The molecule has 5 heteroatoms. The fourth-order valence-electron chi connectivity index (χ4n) is 3.77.